The first-order chi connectivity index (χ1) is 9.16. The number of rotatable bonds is 2. The first-order valence-corrected chi connectivity index (χ1v) is 5.61. The molecule has 0 saturated heterocycles. The van der Waals surface area contributed by atoms with E-state index in [4.69, 9.17) is 0 Å². The average molecular weight is 255 g/mol. The molecule has 1 heterocycles. The van der Waals surface area contributed by atoms with Gasteiger partial charge < -0.3 is 0 Å². The van der Waals surface area contributed by atoms with E-state index in [2.05, 4.69) is 5.10 Å². The second-order valence-corrected chi connectivity index (χ2v) is 4.07. The summed E-state index contributed by atoms with van der Waals surface area (Å²) in [6.45, 7) is 0. The van der Waals surface area contributed by atoms with Crippen molar-refractivity contribution in [1.82, 2.24) is 9.78 Å². The van der Waals surface area contributed by atoms with E-state index in [0.29, 0.717) is 16.6 Å². The Bertz CT molecular complexity index is 818. The van der Waals surface area contributed by atoms with Crippen molar-refractivity contribution in [1.29, 1.82) is 0 Å². The van der Waals surface area contributed by atoms with Crippen LogP contribution in [0.25, 0.3) is 16.6 Å². The number of fused-ring (bicyclic) bond motifs is 1. The molecule has 19 heavy (non-hydrogen) atoms. The molecule has 0 radical (unpaired) electrons. The molecule has 0 aliphatic heterocycles. The fourth-order valence-corrected chi connectivity index (χ4v) is 1.98. The third-order valence-electron chi connectivity index (χ3n) is 2.89. The minimum absolute atomic E-state index is 0.0473. The van der Waals surface area contributed by atoms with Gasteiger partial charge in [0.2, 0.25) is 0 Å². The number of para-hydroxylation sites is 1. The van der Waals surface area contributed by atoms with Gasteiger partial charge in [0.25, 0.3) is 11.2 Å². The molecule has 0 aliphatic carbocycles. The van der Waals surface area contributed by atoms with Crippen molar-refractivity contribution in [3.05, 3.63) is 69.0 Å². The number of benzene rings is 2. The third kappa shape index (κ3) is 1.79. The lowest BCUT2D eigenvalue weighted by molar-refractivity contribution is -0.384. The van der Waals surface area contributed by atoms with Gasteiger partial charge in [-0.2, -0.15) is 0 Å². The fourth-order valence-electron chi connectivity index (χ4n) is 1.98. The SMILES string of the molecule is O=c1c2ccc([N+](=O)[O-])cc2[nH]n1-c1ccccc1. The molecule has 0 amide bonds. The van der Waals surface area contributed by atoms with E-state index in [0.717, 1.165) is 0 Å². The van der Waals surface area contributed by atoms with Gasteiger partial charge in [-0.25, -0.2) is 4.68 Å². The molecule has 0 saturated carbocycles. The summed E-state index contributed by atoms with van der Waals surface area (Å²) in [5, 5.41) is 14.0. The van der Waals surface area contributed by atoms with E-state index in [9.17, 15) is 14.9 Å². The Hall–Kier alpha value is -2.89. The molecule has 3 rings (SSSR count). The van der Waals surface area contributed by atoms with Gasteiger partial charge in [0.1, 0.15) is 0 Å². The Morgan fingerprint density at radius 2 is 1.84 bits per heavy atom. The number of hydrogen-bond donors (Lipinski definition) is 1. The van der Waals surface area contributed by atoms with Crippen LogP contribution in [-0.2, 0) is 0 Å². The quantitative estimate of drug-likeness (QED) is 0.563. The lowest BCUT2D eigenvalue weighted by Crippen LogP contribution is -2.13. The van der Waals surface area contributed by atoms with Crippen LogP contribution in [0.2, 0.25) is 0 Å². The van der Waals surface area contributed by atoms with Gasteiger partial charge in [-0.3, -0.25) is 20.0 Å². The van der Waals surface area contributed by atoms with Gasteiger partial charge in [-0.1, -0.05) is 18.2 Å². The molecule has 1 aromatic heterocycles. The topological polar surface area (TPSA) is 80.9 Å². The minimum Gasteiger partial charge on any atom is -0.290 e. The normalized spacial score (nSPS) is 10.7. The Morgan fingerprint density at radius 1 is 1.11 bits per heavy atom. The zero-order valence-corrected chi connectivity index (χ0v) is 9.74. The van der Waals surface area contributed by atoms with E-state index < -0.39 is 4.92 Å². The second kappa shape index (κ2) is 4.09. The molecule has 0 unspecified atom stereocenters. The molecule has 0 fully saturated rings. The number of aromatic nitrogens is 2. The van der Waals surface area contributed by atoms with Crippen molar-refractivity contribution in [2.24, 2.45) is 0 Å². The number of nitrogens with one attached hydrogen (secondary N) is 1. The van der Waals surface area contributed by atoms with Crippen LogP contribution in [-0.4, -0.2) is 14.7 Å². The average Bonchev–Trinajstić information content (AvgIpc) is 2.76. The first kappa shape index (κ1) is 11.2. The number of non-ortho nitro benzene ring substituents is 1. The highest BCUT2D eigenvalue weighted by atomic mass is 16.6. The van der Waals surface area contributed by atoms with Gasteiger partial charge in [0.05, 0.1) is 21.5 Å². The molecule has 0 atom stereocenters. The summed E-state index contributed by atoms with van der Waals surface area (Å²) >= 11 is 0. The second-order valence-electron chi connectivity index (χ2n) is 4.07. The molecular weight excluding hydrogens is 246 g/mol. The monoisotopic (exact) mass is 255 g/mol. The number of nitro benzene ring substituents is 1. The van der Waals surface area contributed by atoms with Gasteiger partial charge in [-0.05, 0) is 18.2 Å². The number of H-pyrrole nitrogens is 1. The van der Waals surface area contributed by atoms with E-state index in [-0.39, 0.29) is 11.2 Å². The number of nitro groups is 1. The van der Waals surface area contributed by atoms with Crippen LogP contribution >= 0.6 is 0 Å². The number of nitrogens with zero attached hydrogens (tertiary/aromatic N) is 2. The summed E-state index contributed by atoms with van der Waals surface area (Å²) in [6, 6.07) is 13.2. The predicted molar refractivity (Wildman–Crippen MR) is 70.6 cm³/mol. The molecule has 0 aliphatic rings. The highest BCUT2D eigenvalue weighted by Crippen LogP contribution is 2.17. The van der Waals surface area contributed by atoms with Gasteiger partial charge >= 0.3 is 0 Å². The maximum atomic E-state index is 12.2. The van der Waals surface area contributed by atoms with Crippen LogP contribution in [0.3, 0.4) is 0 Å². The standard InChI is InChI=1S/C13H9N3O3/c17-13-11-7-6-10(16(18)19)8-12(11)14-15(13)9-4-2-1-3-5-9/h1-8,14H. The zero-order valence-electron chi connectivity index (χ0n) is 9.74. The van der Waals surface area contributed by atoms with Crippen LogP contribution in [0.15, 0.2) is 53.3 Å². The van der Waals surface area contributed by atoms with Crippen molar-refractivity contribution in [3.8, 4) is 5.69 Å². The van der Waals surface area contributed by atoms with Gasteiger partial charge in [0, 0.05) is 12.1 Å². The molecule has 0 spiro atoms. The fraction of sp³-hybridized carbons (Fsp3) is 0. The number of aromatic amines is 1. The van der Waals surface area contributed by atoms with Crippen molar-refractivity contribution in [3.63, 3.8) is 0 Å². The highest BCUT2D eigenvalue weighted by Gasteiger charge is 2.12. The van der Waals surface area contributed by atoms with Crippen molar-refractivity contribution in [2.75, 3.05) is 0 Å². The van der Waals surface area contributed by atoms with Crippen LogP contribution < -0.4 is 5.56 Å². The zero-order chi connectivity index (χ0) is 13.4. The smallest absolute Gasteiger partial charge is 0.279 e. The summed E-state index contributed by atoms with van der Waals surface area (Å²) in [7, 11) is 0. The Kier molecular flexibility index (Phi) is 2.42. The van der Waals surface area contributed by atoms with Crippen LogP contribution in [0, 0.1) is 10.1 Å². The molecular formula is C13H9N3O3. The van der Waals surface area contributed by atoms with Crippen molar-refractivity contribution in [2.45, 2.75) is 0 Å². The van der Waals surface area contributed by atoms with Crippen LogP contribution in [0.1, 0.15) is 0 Å². The molecule has 2 aromatic carbocycles. The minimum atomic E-state index is -0.488. The maximum Gasteiger partial charge on any atom is 0.279 e. The number of hydrogen-bond acceptors (Lipinski definition) is 3. The van der Waals surface area contributed by atoms with Gasteiger partial charge in [0.15, 0.2) is 0 Å². The van der Waals surface area contributed by atoms with E-state index in [1.807, 2.05) is 18.2 Å². The third-order valence-corrected chi connectivity index (χ3v) is 2.89. The lowest BCUT2D eigenvalue weighted by atomic mass is 10.2. The Labute approximate surface area is 107 Å². The summed E-state index contributed by atoms with van der Waals surface area (Å²) < 4.78 is 1.37. The lowest BCUT2D eigenvalue weighted by Gasteiger charge is -1.99. The highest BCUT2D eigenvalue weighted by molar-refractivity contribution is 5.80. The summed E-state index contributed by atoms with van der Waals surface area (Å²) in [5.74, 6) is 0. The van der Waals surface area contributed by atoms with Crippen molar-refractivity contribution >= 4 is 16.6 Å². The predicted octanol–water partition coefficient (Wildman–Crippen LogP) is 2.23. The van der Waals surface area contributed by atoms with Crippen molar-refractivity contribution < 1.29 is 4.92 Å². The Morgan fingerprint density at radius 3 is 2.53 bits per heavy atom. The molecule has 3 aromatic rings. The first-order valence-electron chi connectivity index (χ1n) is 5.61. The molecule has 1 N–H and O–H groups in total. The van der Waals surface area contributed by atoms with Crippen LogP contribution in [0.4, 0.5) is 5.69 Å². The van der Waals surface area contributed by atoms with Gasteiger partial charge in [-0.15, -0.1) is 0 Å². The molecule has 94 valence electrons. The summed E-state index contributed by atoms with van der Waals surface area (Å²) in [6.07, 6.45) is 0. The van der Waals surface area contributed by atoms with E-state index in [1.165, 1.54) is 22.9 Å². The molecule has 0 bridgehead atoms. The van der Waals surface area contributed by atoms with Crippen LogP contribution in [0.5, 0.6) is 0 Å². The maximum absolute atomic E-state index is 12.2. The largest absolute Gasteiger partial charge is 0.290 e. The van der Waals surface area contributed by atoms with E-state index >= 15 is 0 Å². The summed E-state index contributed by atoms with van der Waals surface area (Å²) in [5.41, 5.74) is 0.861. The molecule has 6 heteroatoms. The molecule has 6 nitrogen and oxygen atoms in total. The van der Waals surface area contributed by atoms with E-state index in [1.54, 1.807) is 12.1 Å². The summed E-state index contributed by atoms with van der Waals surface area (Å²) in [4.78, 5) is 22.4. The Balaban J connectivity index is 2.26.